The zero-order valence-electron chi connectivity index (χ0n) is 14.4. The van der Waals surface area contributed by atoms with Gasteiger partial charge in [-0.1, -0.05) is 60.2 Å². The molecule has 2 aromatic carbocycles. The van der Waals surface area contributed by atoms with Gasteiger partial charge in [0.2, 0.25) is 5.95 Å². The minimum atomic E-state index is -0.200. The van der Waals surface area contributed by atoms with Crippen LogP contribution in [0.15, 0.2) is 71.7 Å². The molecular weight excluding hydrogens is 324 g/mol. The van der Waals surface area contributed by atoms with Crippen LogP contribution in [0.3, 0.4) is 0 Å². The number of fused-ring (bicyclic) bond motifs is 1. The van der Waals surface area contributed by atoms with E-state index in [9.17, 15) is 4.79 Å². The Labute approximate surface area is 150 Å². The molecule has 5 nitrogen and oxygen atoms in total. The van der Waals surface area contributed by atoms with E-state index in [0.29, 0.717) is 23.5 Å². The summed E-state index contributed by atoms with van der Waals surface area (Å²) in [6, 6.07) is 19.9. The molecule has 0 unspecified atom stereocenters. The predicted molar refractivity (Wildman–Crippen MR) is 104 cm³/mol. The Morgan fingerprint density at radius 2 is 1.77 bits per heavy atom. The monoisotopic (exact) mass is 342 g/mol. The highest BCUT2D eigenvalue weighted by Gasteiger charge is 2.11. The second-order valence-corrected chi connectivity index (χ2v) is 6.18. The maximum absolute atomic E-state index is 12.7. The molecule has 2 N–H and O–H groups in total. The van der Waals surface area contributed by atoms with E-state index in [1.807, 2.05) is 67.6 Å². The maximum atomic E-state index is 12.7. The Bertz CT molecular complexity index is 1100. The minimum absolute atomic E-state index is 0.200. The molecule has 0 saturated carbocycles. The molecule has 0 aliphatic carbocycles. The number of aromatic amines is 1. The second kappa shape index (κ2) is 6.80. The van der Waals surface area contributed by atoms with Gasteiger partial charge in [0.05, 0.1) is 5.39 Å². The molecule has 0 fully saturated rings. The van der Waals surface area contributed by atoms with E-state index in [2.05, 4.69) is 20.3 Å². The summed E-state index contributed by atoms with van der Waals surface area (Å²) in [7, 11) is 0. The van der Waals surface area contributed by atoms with E-state index < -0.39 is 0 Å². The molecule has 26 heavy (non-hydrogen) atoms. The van der Waals surface area contributed by atoms with Crippen LogP contribution in [0, 0.1) is 6.92 Å². The molecule has 0 spiro atoms. The molecule has 0 radical (unpaired) electrons. The summed E-state index contributed by atoms with van der Waals surface area (Å²) in [6.07, 6.45) is 1.69. The van der Waals surface area contributed by atoms with Crippen molar-refractivity contribution in [2.24, 2.45) is 0 Å². The van der Waals surface area contributed by atoms with Crippen molar-refractivity contribution in [3.05, 3.63) is 88.3 Å². The quantitative estimate of drug-likeness (QED) is 0.590. The van der Waals surface area contributed by atoms with E-state index in [1.54, 1.807) is 6.20 Å². The summed E-state index contributed by atoms with van der Waals surface area (Å²) in [4.78, 5) is 24.3. The zero-order valence-corrected chi connectivity index (χ0v) is 14.4. The number of nitrogens with one attached hydrogen (secondary N) is 2. The van der Waals surface area contributed by atoms with Crippen LogP contribution in [-0.4, -0.2) is 15.0 Å². The second-order valence-electron chi connectivity index (χ2n) is 6.18. The molecule has 0 atom stereocenters. The van der Waals surface area contributed by atoms with Crippen LogP contribution < -0.4 is 10.9 Å². The smallest absolute Gasteiger partial charge is 0.262 e. The van der Waals surface area contributed by atoms with Gasteiger partial charge in [-0.25, -0.2) is 4.98 Å². The molecule has 2 heterocycles. The van der Waals surface area contributed by atoms with Crippen molar-refractivity contribution < 1.29 is 0 Å². The number of anilines is 1. The standard InChI is InChI=1S/C21H18N4O/c1-14-7-9-16(10-8-14)17-11-12-22-19-18(17)20(26)25-21(24-19)23-13-15-5-3-2-4-6-15/h2-12H,13H2,1H3,(H2,22,23,24,25,26). The molecular formula is C21H18N4O. The summed E-state index contributed by atoms with van der Waals surface area (Å²) < 4.78 is 0. The molecule has 4 rings (SSSR count). The highest BCUT2D eigenvalue weighted by atomic mass is 16.1. The van der Waals surface area contributed by atoms with Crippen molar-refractivity contribution in [3.8, 4) is 11.1 Å². The van der Waals surface area contributed by atoms with Crippen LogP contribution in [0.2, 0.25) is 0 Å². The topological polar surface area (TPSA) is 70.7 Å². The predicted octanol–water partition coefficient (Wildman–Crippen LogP) is 3.91. The summed E-state index contributed by atoms with van der Waals surface area (Å²) >= 11 is 0. The first-order valence-corrected chi connectivity index (χ1v) is 8.44. The van der Waals surface area contributed by atoms with Crippen LogP contribution in [0.4, 0.5) is 5.95 Å². The van der Waals surface area contributed by atoms with E-state index in [0.717, 1.165) is 16.7 Å². The lowest BCUT2D eigenvalue weighted by Gasteiger charge is -2.09. The average molecular weight is 342 g/mol. The summed E-state index contributed by atoms with van der Waals surface area (Å²) in [5.41, 5.74) is 4.32. The van der Waals surface area contributed by atoms with Gasteiger partial charge < -0.3 is 5.32 Å². The lowest BCUT2D eigenvalue weighted by molar-refractivity contribution is 1.05. The fourth-order valence-electron chi connectivity index (χ4n) is 2.90. The Kier molecular flexibility index (Phi) is 4.19. The third-order valence-corrected chi connectivity index (χ3v) is 4.27. The van der Waals surface area contributed by atoms with Gasteiger partial charge in [0.25, 0.3) is 5.56 Å². The van der Waals surface area contributed by atoms with E-state index >= 15 is 0 Å². The van der Waals surface area contributed by atoms with Gasteiger partial charge in [-0.2, -0.15) is 4.98 Å². The van der Waals surface area contributed by atoms with Gasteiger partial charge in [-0.15, -0.1) is 0 Å². The van der Waals surface area contributed by atoms with Crippen LogP contribution >= 0.6 is 0 Å². The van der Waals surface area contributed by atoms with Crippen LogP contribution in [0.1, 0.15) is 11.1 Å². The van der Waals surface area contributed by atoms with E-state index in [1.165, 1.54) is 5.56 Å². The molecule has 5 heteroatoms. The van der Waals surface area contributed by atoms with E-state index in [-0.39, 0.29) is 5.56 Å². The number of hydrogen-bond acceptors (Lipinski definition) is 4. The number of hydrogen-bond donors (Lipinski definition) is 2. The van der Waals surface area contributed by atoms with Gasteiger partial charge in [0.15, 0.2) is 5.65 Å². The molecule has 0 aliphatic rings. The first kappa shape index (κ1) is 16.0. The van der Waals surface area contributed by atoms with Gasteiger partial charge in [-0.05, 0) is 29.7 Å². The van der Waals surface area contributed by atoms with Crippen LogP contribution in [0.25, 0.3) is 22.2 Å². The Balaban J connectivity index is 1.72. The Hall–Kier alpha value is -3.47. The number of aryl methyl sites for hydroxylation is 1. The van der Waals surface area contributed by atoms with Crippen LogP contribution in [0.5, 0.6) is 0 Å². The summed E-state index contributed by atoms with van der Waals surface area (Å²) in [5.74, 6) is 0.417. The largest absolute Gasteiger partial charge is 0.352 e. The Morgan fingerprint density at radius 3 is 2.54 bits per heavy atom. The van der Waals surface area contributed by atoms with Crippen molar-refractivity contribution in [1.29, 1.82) is 0 Å². The molecule has 0 bridgehead atoms. The van der Waals surface area contributed by atoms with Gasteiger partial charge in [0.1, 0.15) is 0 Å². The fraction of sp³-hybridized carbons (Fsp3) is 0.0952. The molecule has 4 aromatic rings. The molecule has 2 aromatic heterocycles. The third kappa shape index (κ3) is 3.19. The van der Waals surface area contributed by atoms with Crippen molar-refractivity contribution in [2.75, 3.05) is 5.32 Å². The first-order chi connectivity index (χ1) is 12.7. The van der Waals surface area contributed by atoms with Gasteiger partial charge >= 0.3 is 0 Å². The Morgan fingerprint density at radius 1 is 1.00 bits per heavy atom. The maximum Gasteiger partial charge on any atom is 0.262 e. The summed E-state index contributed by atoms with van der Waals surface area (Å²) in [6.45, 7) is 2.61. The van der Waals surface area contributed by atoms with Crippen molar-refractivity contribution in [2.45, 2.75) is 13.5 Å². The van der Waals surface area contributed by atoms with Crippen molar-refractivity contribution in [1.82, 2.24) is 15.0 Å². The zero-order chi connectivity index (χ0) is 17.9. The fourth-order valence-corrected chi connectivity index (χ4v) is 2.90. The van der Waals surface area contributed by atoms with Crippen molar-refractivity contribution in [3.63, 3.8) is 0 Å². The highest BCUT2D eigenvalue weighted by Crippen LogP contribution is 2.24. The average Bonchev–Trinajstić information content (AvgIpc) is 2.67. The van der Waals surface area contributed by atoms with E-state index in [4.69, 9.17) is 0 Å². The lowest BCUT2D eigenvalue weighted by Crippen LogP contribution is -2.14. The number of nitrogens with zero attached hydrogens (tertiary/aromatic N) is 2. The lowest BCUT2D eigenvalue weighted by atomic mass is 10.0. The summed E-state index contributed by atoms with van der Waals surface area (Å²) in [5, 5.41) is 3.66. The number of rotatable bonds is 4. The molecule has 128 valence electrons. The molecule has 0 aliphatic heterocycles. The highest BCUT2D eigenvalue weighted by molar-refractivity contribution is 5.92. The van der Waals surface area contributed by atoms with Gasteiger partial charge in [-0.3, -0.25) is 9.78 Å². The van der Waals surface area contributed by atoms with Gasteiger partial charge in [0, 0.05) is 12.7 Å². The first-order valence-electron chi connectivity index (χ1n) is 8.44. The number of aromatic nitrogens is 3. The normalized spacial score (nSPS) is 10.8. The molecule has 0 saturated heterocycles. The third-order valence-electron chi connectivity index (χ3n) is 4.27. The number of pyridine rings is 1. The number of benzene rings is 2. The SMILES string of the molecule is Cc1ccc(-c2ccnc3nc(NCc4ccccc4)[nH]c(=O)c23)cc1. The minimum Gasteiger partial charge on any atom is -0.352 e. The van der Waals surface area contributed by atoms with Crippen molar-refractivity contribution >= 4 is 17.0 Å². The van der Waals surface area contributed by atoms with Crippen LogP contribution in [-0.2, 0) is 6.54 Å². The number of H-pyrrole nitrogens is 1. The molecule has 0 amide bonds.